The molecule has 0 radical (unpaired) electrons. The van der Waals surface area contributed by atoms with E-state index in [-0.39, 0.29) is 0 Å². The normalized spacial score (nSPS) is 15.8. The van der Waals surface area contributed by atoms with Crippen LogP contribution in [-0.4, -0.2) is 33.3 Å². The summed E-state index contributed by atoms with van der Waals surface area (Å²) >= 11 is 1.89. The van der Waals surface area contributed by atoms with Gasteiger partial charge in [0.15, 0.2) is 0 Å². The van der Waals surface area contributed by atoms with Crippen molar-refractivity contribution in [2.45, 2.75) is 26.2 Å². The first-order valence-corrected chi connectivity index (χ1v) is 6.98. The summed E-state index contributed by atoms with van der Waals surface area (Å²) < 4.78 is 2.14. The summed E-state index contributed by atoms with van der Waals surface area (Å²) in [6.07, 6.45) is 1.82. The summed E-state index contributed by atoms with van der Waals surface area (Å²) in [6.45, 7) is 4.95. The van der Waals surface area contributed by atoms with Gasteiger partial charge in [0.1, 0.15) is 12.2 Å². The first kappa shape index (κ1) is 11.8. The SMILES string of the molecule is CNCc1ccc(CN2CCn3cnnc3C2)s1. The molecule has 3 rings (SSSR count). The lowest BCUT2D eigenvalue weighted by atomic mass is 10.3. The van der Waals surface area contributed by atoms with Crippen LogP contribution in [0, 0.1) is 0 Å². The lowest BCUT2D eigenvalue weighted by Crippen LogP contribution is -2.32. The second-order valence-electron chi connectivity index (χ2n) is 4.55. The molecule has 3 heterocycles. The number of hydrogen-bond donors (Lipinski definition) is 1. The van der Waals surface area contributed by atoms with Crippen molar-refractivity contribution in [1.29, 1.82) is 0 Å². The minimum absolute atomic E-state index is 0.902. The van der Waals surface area contributed by atoms with Crippen molar-refractivity contribution >= 4 is 11.3 Å². The minimum atomic E-state index is 0.902. The summed E-state index contributed by atoms with van der Waals surface area (Å²) in [4.78, 5) is 5.25. The van der Waals surface area contributed by atoms with E-state index in [2.05, 4.69) is 37.1 Å². The van der Waals surface area contributed by atoms with Crippen LogP contribution in [-0.2, 0) is 26.2 Å². The van der Waals surface area contributed by atoms with E-state index in [9.17, 15) is 0 Å². The van der Waals surface area contributed by atoms with Crippen LogP contribution in [0.1, 0.15) is 15.6 Å². The van der Waals surface area contributed by atoms with Gasteiger partial charge >= 0.3 is 0 Å². The molecule has 18 heavy (non-hydrogen) atoms. The molecule has 0 bridgehead atoms. The predicted molar refractivity (Wildman–Crippen MR) is 71.2 cm³/mol. The molecule has 0 unspecified atom stereocenters. The quantitative estimate of drug-likeness (QED) is 0.896. The van der Waals surface area contributed by atoms with Crippen LogP contribution >= 0.6 is 11.3 Å². The van der Waals surface area contributed by atoms with Gasteiger partial charge in [0.25, 0.3) is 0 Å². The highest BCUT2D eigenvalue weighted by Crippen LogP contribution is 2.20. The smallest absolute Gasteiger partial charge is 0.147 e. The van der Waals surface area contributed by atoms with Gasteiger partial charge in [0, 0.05) is 35.9 Å². The van der Waals surface area contributed by atoms with Crippen molar-refractivity contribution in [1.82, 2.24) is 25.0 Å². The fourth-order valence-corrected chi connectivity index (χ4v) is 3.32. The molecular formula is C12H17N5S. The van der Waals surface area contributed by atoms with Crippen molar-refractivity contribution in [3.63, 3.8) is 0 Å². The summed E-state index contributed by atoms with van der Waals surface area (Å²) in [5.74, 6) is 1.08. The van der Waals surface area contributed by atoms with Crippen LogP contribution in [0.4, 0.5) is 0 Å². The molecule has 6 heteroatoms. The van der Waals surface area contributed by atoms with E-state index >= 15 is 0 Å². The van der Waals surface area contributed by atoms with Gasteiger partial charge in [-0.2, -0.15) is 0 Å². The van der Waals surface area contributed by atoms with E-state index in [0.29, 0.717) is 0 Å². The Hall–Kier alpha value is -1.24. The van der Waals surface area contributed by atoms with Crippen LogP contribution in [0.2, 0.25) is 0 Å². The fraction of sp³-hybridized carbons (Fsp3) is 0.500. The van der Waals surface area contributed by atoms with Gasteiger partial charge in [-0.25, -0.2) is 0 Å². The Balaban J connectivity index is 1.63. The molecule has 0 fully saturated rings. The van der Waals surface area contributed by atoms with E-state index in [0.717, 1.165) is 38.5 Å². The zero-order valence-corrected chi connectivity index (χ0v) is 11.3. The number of aromatic nitrogens is 3. The maximum absolute atomic E-state index is 4.15. The third-order valence-electron chi connectivity index (χ3n) is 3.17. The third-order valence-corrected chi connectivity index (χ3v) is 4.24. The standard InChI is InChI=1S/C12H17N5S/c1-13-6-10-2-3-11(18-10)7-16-4-5-17-9-14-15-12(17)8-16/h2-3,9,13H,4-8H2,1H3. The zero-order valence-electron chi connectivity index (χ0n) is 10.5. The van der Waals surface area contributed by atoms with E-state index < -0.39 is 0 Å². The van der Waals surface area contributed by atoms with E-state index in [1.807, 2.05) is 24.7 Å². The summed E-state index contributed by atoms with van der Waals surface area (Å²) in [7, 11) is 1.98. The van der Waals surface area contributed by atoms with Crippen LogP contribution in [0.25, 0.3) is 0 Å². The number of nitrogens with zero attached hydrogens (tertiary/aromatic N) is 4. The van der Waals surface area contributed by atoms with Gasteiger partial charge in [0.2, 0.25) is 0 Å². The number of fused-ring (bicyclic) bond motifs is 1. The Morgan fingerprint density at radius 3 is 3.11 bits per heavy atom. The fourth-order valence-electron chi connectivity index (χ4n) is 2.25. The zero-order chi connectivity index (χ0) is 12.4. The van der Waals surface area contributed by atoms with Gasteiger partial charge in [0.05, 0.1) is 6.54 Å². The first-order valence-electron chi connectivity index (χ1n) is 6.16. The van der Waals surface area contributed by atoms with E-state index in [4.69, 9.17) is 0 Å². The van der Waals surface area contributed by atoms with Crippen LogP contribution in [0.5, 0.6) is 0 Å². The van der Waals surface area contributed by atoms with E-state index in [1.54, 1.807) is 0 Å². The molecule has 96 valence electrons. The van der Waals surface area contributed by atoms with Crippen LogP contribution < -0.4 is 5.32 Å². The van der Waals surface area contributed by atoms with Crippen molar-refractivity contribution < 1.29 is 0 Å². The van der Waals surface area contributed by atoms with Crippen molar-refractivity contribution in [2.24, 2.45) is 0 Å². The molecule has 0 amide bonds. The molecular weight excluding hydrogens is 246 g/mol. The predicted octanol–water partition coefficient (Wildman–Crippen LogP) is 1.07. The summed E-state index contributed by atoms with van der Waals surface area (Å²) in [6, 6.07) is 4.44. The Labute approximate surface area is 110 Å². The Morgan fingerprint density at radius 1 is 1.33 bits per heavy atom. The van der Waals surface area contributed by atoms with Gasteiger partial charge < -0.3 is 9.88 Å². The minimum Gasteiger partial charge on any atom is -0.315 e. The van der Waals surface area contributed by atoms with Crippen molar-refractivity contribution in [3.8, 4) is 0 Å². The molecule has 0 aliphatic carbocycles. The van der Waals surface area contributed by atoms with Gasteiger partial charge in [-0.3, -0.25) is 4.90 Å². The summed E-state index contributed by atoms with van der Waals surface area (Å²) in [5, 5.41) is 11.3. The molecule has 1 aliphatic heterocycles. The lowest BCUT2D eigenvalue weighted by molar-refractivity contribution is 0.210. The van der Waals surface area contributed by atoms with Crippen molar-refractivity contribution in [2.75, 3.05) is 13.6 Å². The highest BCUT2D eigenvalue weighted by Gasteiger charge is 2.17. The second kappa shape index (κ2) is 5.17. The van der Waals surface area contributed by atoms with Crippen LogP contribution in [0.15, 0.2) is 18.5 Å². The molecule has 2 aromatic rings. The lowest BCUT2D eigenvalue weighted by Gasteiger charge is -2.26. The van der Waals surface area contributed by atoms with Crippen molar-refractivity contribution in [3.05, 3.63) is 34.0 Å². The van der Waals surface area contributed by atoms with E-state index in [1.165, 1.54) is 9.75 Å². The number of thiophene rings is 1. The number of rotatable bonds is 4. The highest BCUT2D eigenvalue weighted by atomic mass is 32.1. The average molecular weight is 263 g/mol. The molecule has 0 spiro atoms. The molecule has 0 saturated carbocycles. The summed E-state index contributed by atoms with van der Waals surface area (Å²) in [5.41, 5.74) is 0. The molecule has 0 atom stereocenters. The molecule has 5 nitrogen and oxygen atoms in total. The number of nitrogens with one attached hydrogen (secondary N) is 1. The monoisotopic (exact) mass is 263 g/mol. The first-order chi connectivity index (χ1) is 8.85. The third kappa shape index (κ3) is 2.45. The Morgan fingerprint density at radius 2 is 2.22 bits per heavy atom. The topological polar surface area (TPSA) is 46.0 Å². The largest absolute Gasteiger partial charge is 0.315 e. The Kier molecular flexibility index (Phi) is 3.40. The van der Waals surface area contributed by atoms with Gasteiger partial charge in [-0.15, -0.1) is 21.5 Å². The maximum atomic E-state index is 4.15. The molecule has 0 aromatic carbocycles. The van der Waals surface area contributed by atoms with Gasteiger partial charge in [-0.1, -0.05) is 0 Å². The second-order valence-corrected chi connectivity index (χ2v) is 5.80. The number of hydrogen-bond acceptors (Lipinski definition) is 5. The highest BCUT2D eigenvalue weighted by molar-refractivity contribution is 7.11. The Bertz CT molecular complexity index is 518. The molecule has 1 aliphatic rings. The maximum Gasteiger partial charge on any atom is 0.147 e. The molecule has 2 aromatic heterocycles. The molecule has 0 saturated heterocycles. The van der Waals surface area contributed by atoms with Gasteiger partial charge in [-0.05, 0) is 19.2 Å². The molecule has 1 N–H and O–H groups in total. The van der Waals surface area contributed by atoms with Crippen LogP contribution in [0.3, 0.4) is 0 Å². The average Bonchev–Trinajstić information content (AvgIpc) is 2.98.